The summed E-state index contributed by atoms with van der Waals surface area (Å²) in [5, 5.41) is 2.92. The van der Waals surface area contributed by atoms with Gasteiger partial charge in [-0.3, -0.25) is 9.52 Å². The van der Waals surface area contributed by atoms with Crippen LogP contribution in [0.3, 0.4) is 0 Å². The number of ether oxygens (including phenoxy) is 1. The molecule has 0 spiro atoms. The Morgan fingerprint density at radius 1 is 0.903 bits per heavy atom. The van der Waals surface area contributed by atoms with E-state index in [0.717, 1.165) is 22.4 Å². The number of amides is 1. The highest BCUT2D eigenvalue weighted by molar-refractivity contribution is 7.92. The van der Waals surface area contributed by atoms with E-state index in [1.165, 1.54) is 24.3 Å². The summed E-state index contributed by atoms with van der Waals surface area (Å²) in [6.45, 7) is 8.31. The van der Waals surface area contributed by atoms with Crippen LogP contribution in [0.2, 0.25) is 0 Å². The van der Waals surface area contributed by atoms with Gasteiger partial charge in [0.2, 0.25) is 0 Å². The third kappa shape index (κ3) is 5.44. The quantitative estimate of drug-likeness (QED) is 0.540. The molecule has 0 aromatic heterocycles. The average Bonchev–Trinajstić information content (AvgIpc) is 2.72. The molecule has 0 atom stereocenters. The molecule has 3 aromatic rings. The summed E-state index contributed by atoms with van der Waals surface area (Å²) in [7, 11) is -3.78. The molecule has 3 rings (SSSR count). The molecule has 0 saturated heterocycles. The molecule has 31 heavy (non-hydrogen) atoms. The lowest BCUT2D eigenvalue weighted by Crippen LogP contribution is -2.15. The van der Waals surface area contributed by atoms with Crippen molar-refractivity contribution in [3.05, 3.63) is 82.9 Å². The van der Waals surface area contributed by atoms with Crippen molar-refractivity contribution >= 4 is 27.3 Å². The van der Waals surface area contributed by atoms with E-state index in [1.807, 2.05) is 39.8 Å². The molecule has 0 aliphatic heterocycles. The monoisotopic (exact) mass is 438 g/mol. The Labute approximate surface area is 183 Å². The maximum Gasteiger partial charge on any atom is 0.261 e. The molecule has 0 aliphatic carbocycles. The van der Waals surface area contributed by atoms with Crippen molar-refractivity contribution in [3.8, 4) is 5.75 Å². The van der Waals surface area contributed by atoms with E-state index in [4.69, 9.17) is 4.74 Å². The van der Waals surface area contributed by atoms with E-state index < -0.39 is 10.0 Å². The van der Waals surface area contributed by atoms with Gasteiger partial charge < -0.3 is 10.1 Å². The van der Waals surface area contributed by atoms with Gasteiger partial charge in [0.05, 0.1) is 11.5 Å². The molecule has 3 aromatic carbocycles. The minimum absolute atomic E-state index is 0.0700. The Kier molecular flexibility index (Phi) is 6.65. The van der Waals surface area contributed by atoms with Crippen LogP contribution in [0, 0.1) is 20.8 Å². The lowest BCUT2D eigenvalue weighted by atomic mass is 10.0. The lowest BCUT2D eigenvalue weighted by molar-refractivity contribution is 0.102. The van der Waals surface area contributed by atoms with E-state index in [-0.39, 0.29) is 10.8 Å². The van der Waals surface area contributed by atoms with Crippen LogP contribution < -0.4 is 14.8 Å². The van der Waals surface area contributed by atoms with E-state index in [9.17, 15) is 13.2 Å². The molecule has 0 fully saturated rings. The smallest absolute Gasteiger partial charge is 0.261 e. The molecule has 0 heterocycles. The first kappa shape index (κ1) is 22.4. The van der Waals surface area contributed by atoms with E-state index >= 15 is 0 Å². The molecule has 162 valence electrons. The summed E-state index contributed by atoms with van der Waals surface area (Å²) in [4.78, 5) is 12.7. The third-order valence-electron chi connectivity index (χ3n) is 4.76. The number of sulfonamides is 1. The molecule has 7 heteroatoms. The second-order valence-corrected chi connectivity index (χ2v) is 9.00. The molecule has 1 amide bonds. The summed E-state index contributed by atoms with van der Waals surface area (Å²) in [6, 6.07) is 16.5. The summed E-state index contributed by atoms with van der Waals surface area (Å²) in [5.41, 5.74) is 4.65. The van der Waals surface area contributed by atoms with Gasteiger partial charge in [-0.25, -0.2) is 8.42 Å². The topological polar surface area (TPSA) is 84.5 Å². The highest BCUT2D eigenvalue weighted by atomic mass is 32.2. The normalized spacial score (nSPS) is 11.1. The van der Waals surface area contributed by atoms with Crippen LogP contribution in [0.5, 0.6) is 5.75 Å². The van der Waals surface area contributed by atoms with Gasteiger partial charge in [0.15, 0.2) is 0 Å². The summed E-state index contributed by atoms with van der Waals surface area (Å²) in [5.74, 6) is 0.373. The Balaban J connectivity index is 1.73. The second kappa shape index (κ2) is 9.22. The number of hydrogen-bond donors (Lipinski definition) is 2. The van der Waals surface area contributed by atoms with Crippen LogP contribution in [0.25, 0.3) is 0 Å². The number of carbonyl (C=O) groups excluding carboxylic acids is 1. The van der Waals surface area contributed by atoms with Gasteiger partial charge in [-0.2, -0.15) is 0 Å². The zero-order chi connectivity index (χ0) is 22.6. The number of anilines is 2. The fraction of sp³-hybridized carbons (Fsp3) is 0.208. The number of hydrogen-bond acceptors (Lipinski definition) is 4. The highest BCUT2D eigenvalue weighted by Gasteiger charge is 2.16. The van der Waals surface area contributed by atoms with Crippen molar-refractivity contribution in [2.45, 2.75) is 32.6 Å². The van der Waals surface area contributed by atoms with Gasteiger partial charge in [-0.05, 0) is 87.4 Å². The molecule has 0 unspecified atom stereocenters. The highest BCUT2D eigenvalue weighted by Crippen LogP contribution is 2.23. The number of rotatable bonds is 7. The fourth-order valence-electron chi connectivity index (χ4n) is 3.35. The average molecular weight is 439 g/mol. The van der Waals surface area contributed by atoms with E-state index in [2.05, 4.69) is 10.0 Å². The van der Waals surface area contributed by atoms with E-state index in [1.54, 1.807) is 24.3 Å². The second-order valence-electron chi connectivity index (χ2n) is 7.32. The molecule has 0 aliphatic rings. The van der Waals surface area contributed by atoms with Crippen LogP contribution >= 0.6 is 0 Å². The van der Waals surface area contributed by atoms with Crippen LogP contribution in [0.15, 0.2) is 65.6 Å². The van der Waals surface area contributed by atoms with Gasteiger partial charge in [0.1, 0.15) is 5.75 Å². The van der Waals surface area contributed by atoms with Crippen LogP contribution in [-0.2, 0) is 10.0 Å². The Bertz CT molecular complexity index is 1160. The number of aryl methyl sites for hydroxylation is 3. The molecule has 0 bridgehead atoms. The predicted octanol–water partition coefficient (Wildman–Crippen LogP) is 5.06. The van der Waals surface area contributed by atoms with Gasteiger partial charge in [-0.15, -0.1) is 0 Å². The summed E-state index contributed by atoms with van der Waals surface area (Å²) >= 11 is 0. The molecule has 2 N–H and O–H groups in total. The molecule has 0 saturated carbocycles. The SMILES string of the molecule is CCOc1ccc(NS(=O)(=O)c2ccc(C(=O)Nc3c(C)cc(C)cc3C)cc2)cc1. The summed E-state index contributed by atoms with van der Waals surface area (Å²) in [6.07, 6.45) is 0. The number of carbonyl (C=O) groups is 1. The summed E-state index contributed by atoms with van der Waals surface area (Å²) < 4.78 is 33.2. The first-order valence-corrected chi connectivity index (χ1v) is 11.4. The van der Waals surface area contributed by atoms with Crippen LogP contribution in [-0.4, -0.2) is 20.9 Å². The lowest BCUT2D eigenvalue weighted by Gasteiger charge is -2.13. The number of nitrogens with one attached hydrogen (secondary N) is 2. The van der Waals surface area contributed by atoms with Gasteiger partial charge in [-0.1, -0.05) is 17.7 Å². The maximum atomic E-state index is 12.7. The van der Waals surface area contributed by atoms with Crippen LogP contribution in [0.4, 0.5) is 11.4 Å². The van der Waals surface area contributed by atoms with Gasteiger partial charge in [0.25, 0.3) is 15.9 Å². The predicted molar refractivity (Wildman–Crippen MR) is 123 cm³/mol. The largest absolute Gasteiger partial charge is 0.494 e. The first-order chi connectivity index (χ1) is 14.7. The maximum absolute atomic E-state index is 12.7. The zero-order valence-electron chi connectivity index (χ0n) is 18.0. The van der Waals surface area contributed by atoms with Crippen molar-refractivity contribution in [3.63, 3.8) is 0 Å². The standard InChI is InChI=1S/C24H26N2O4S/c1-5-30-21-10-8-20(9-11-21)26-31(28,29)22-12-6-19(7-13-22)24(27)25-23-17(3)14-16(2)15-18(23)4/h6-15,26H,5H2,1-4H3,(H,25,27). The molecule has 0 radical (unpaired) electrons. The van der Waals surface area contributed by atoms with E-state index in [0.29, 0.717) is 23.6 Å². The van der Waals surface area contributed by atoms with Gasteiger partial charge in [0, 0.05) is 16.9 Å². The minimum atomic E-state index is -3.78. The zero-order valence-corrected chi connectivity index (χ0v) is 18.8. The van der Waals surface area contributed by atoms with Crippen LogP contribution in [0.1, 0.15) is 34.0 Å². The number of benzene rings is 3. The van der Waals surface area contributed by atoms with Crippen molar-refractivity contribution in [1.29, 1.82) is 0 Å². The Morgan fingerprint density at radius 2 is 1.48 bits per heavy atom. The Morgan fingerprint density at radius 3 is 2.03 bits per heavy atom. The first-order valence-electron chi connectivity index (χ1n) is 9.94. The van der Waals surface area contributed by atoms with Crippen molar-refractivity contribution in [2.24, 2.45) is 0 Å². The van der Waals surface area contributed by atoms with Crippen molar-refractivity contribution in [1.82, 2.24) is 0 Å². The Hall–Kier alpha value is -3.32. The molecule has 6 nitrogen and oxygen atoms in total. The molecular formula is C24H26N2O4S. The van der Waals surface area contributed by atoms with Crippen molar-refractivity contribution in [2.75, 3.05) is 16.6 Å². The minimum Gasteiger partial charge on any atom is -0.494 e. The van der Waals surface area contributed by atoms with Gasteiger partial charge >= 0.3 is 0 Å². The third-order valence-corrected chi connectivity index (χ3v) is 6.16. The van der Waals surface area contributed by atoms with Crippen molar-refractivity contribution < 1.29 is 17.9 Å². The molecular weight excluding hydrogens is 412 g/mol. The fourth-order valence-corrected chi connectivity index (χ4v) is 4.41.